The average Bonchev–Trinajstić information content (AvgIpc) is 2.79. The van der Waals surface area contributed by atoms with E-state index in [9.17, 15) is 4.79 Å². The van der Waals surface area contributed by atoms with E-state index in [0.29, 0.717) is 12.8 Å². The molecule has 0 aliphatic rings. The Morgan fingerprint density at radius 2 is 1.40 bits per heavy atom. The fraction of sp³-hybridized carbons (Fsp3) is 0.240. The molecule has 0 fully saturated rings. The summed E-state index contributed by atoms with van der Waals surface area (Å²) in [6.45, 7) is 0.861. The van der Waals surface area contributed by atoms with Gasteiger partial charge in [-0.1, -0.05) is 30.3 Å². The number of aryl methyl sites for hydroxylation is 1. The lowest BCUT2D eigenvalue weighted by Gasteiger charge is -2.10. The Labute approximate surface area is 178 Å². The summed E-state index contributed by atoms with van der Waals surface area (Å²) in [6.07, 6.45) is 1.96. The molecule has 0 bridgehead atoms. The van der Waals surface area contributed by atoms with E-state index in [1.807, 2.05) is 48.5 Å². The molecule has 0 aliphatic carbocycles. The van der Waals surface area contributed by atoms with Crippen LogP contribution in [0, 0.1) is 0 Å². The van der Waals surface area contributed by atoms with Gasteiger partial charge in [0.05, 0.1) is 14.2 Å². The van der Waals surface area contributed by atoms with Gasteiger partial charge in [0.1, 0.15) is 11.5 Å². The molecular weight excluding hydrogens is 376 g/mol. The smallest absolute Gasteiger partial charge is 0.224 e. The summed E-state index contributed by atoms with van der Waals surface area (Å²) in [6, 6.07) is 23.8. The van der Waals surface area contributed by atoms with E-state index < -0.39 is 0 Å². The molecule has 3 rings (SSSR count). The van der Waals surface area contributed by atoms with E-state index in [-0.39, 0.29) is 5.91 Å². The summed E-state index contributed by atoms with van der Waals surface area (Å²) >= 11 is 0. The minimum atomic E-state index is -0.0263. The van der Waals surface area contributed by atoms with Gasteiger partial charge in [-0.15, -0.1) is 0 Å². The van der Waals surface area contributed by atoms with Crippen molar-refractivity contribution in [2.45, 2.75) is 19.3 Å². The number of nitrogens with one attached hydrogen (secondary N) is 2. The van der Waals surface area contributed by atoms with Gasteiger partial charge >= 0.3 is 0 Å². The van der Waals surface area contributed by atoms with Crippen LogP contribution in [-0.4, -0.2) is 26.7 Å². The van der Waals surface area contributed by atoms with Gasteiger partial charge in [-0.05, 0) is 60.4 Å². The minimum absolute atomic E-state index is 0.0263. The Bertz CT molecular complexity index is 918. The summed E-state index contributed by atoms with van der Waals surface area (Å²) in [5, 5.41) is 6.35. The molecule has 0 saturated carbocycles. The molecule has 1 amide bonds. The van der Waals surface area contributed by atoms with Gasteiger partial charge in [0.25, 0.3) is 0 Å². The van der Waals surface area contributed by atoms with Crippen LogP contribution in [-0.2, 0) is 17.6 Å². The number of carbonyl (C=O) groups excluding carboxylic acids is 1. The lowest BCUT2D eigenvalue weighted by molar-refractivity contribution is -0.116. The third-order valence-electron chi connectivity index (χ3n) is 4.81. The highest BCUT2D eigenvalue weighted by Gasteiger charge is 2.07. The number of hydrogen-bond acceptors (Lipinski definition) is 4. The molecule has 0 aliphatic heterocycles. The fourth-order valence-corrected chi connectivity index (χ4v) is 3.16. The van der Waals surface area contributed by atoms with Gasteiger partial charge in [-0.2, -0.15) is 0 Å². The minimum Gasteiger partial charge on any atom is -0.497 e. The number of hydrogen-bond donors (Lipinski definition) is 2. The van der Waals surface area contributed by atoms with Crippen molar-refractivity contribution in [1.29, 1.82) is 0 Å². The van der Waals surface area contributed by atoms with E-state index in [0.717, 1.165) is 41.4 Å². The molecule has 0 aromatic heterocycles. The average molecular weight is 405 g/mol. The second kappa shape index (κ2) is 10.9. The maximum absolute atomic E-state index is 12.3. The summed E-state index contributed by atoms with van der Waals surface area (Å²) in [5.41, 5.74) is 4.13. The molecule has 156 valence electrons. The summed E-state index contributed by atoms with van der Waals surface area (Å²) in [4.78, 5) is 12.3. The van der Waals surface area contributed by atoms with Crippen LogP contribution < -0.4 is 20.1 Å². The second-order valence-corrected chi connectivity index (χ2v) is 7.01. The molecule has 3 aromatic carbocycles. The quantitative estimate of drug-likeness (QED) is 0.503. The van der Waals surface area contributed by atoms with Crippen LogP contribution in [0.2, 0.25) is 0 Å². The summed E-state index contributed by atoms with van der Waals surface area (Å²) in [7, 11) is 3.23. The number of carbonyl (C=O) groups is 1. The lowest BCUT2D eigenvalue weighted by Crippen LogP contribution is -2.12. The number of benzene rings is 3. The zero-order chi connectivity index (χ0) is 21.2. The van der Waals surface area contributed by atoms with Crippen molar-refractivity contribution in [3.8, 4) is 11.5 Å². The first-order valence-electron chi connectivity index (χ1n) is 10.1. The normalized spacial score (nSPS) is 10.3. The predicted molar refractivity (Wildman–Crippen MR) is 122 cm³/mol. The lowest BCUT2D eigenvalue weighted by atomic mass is 10.1. The molecule has 3 aromatic rings. The SMILES string of the molecule is COc1cc(CCC(=O)Nc2ccc(NCCc3ccccc3)cc2)cc(OC)c1. The van der Waals surface area contributed by atoms with Crippen molar-refractivity contribution in [2.75, 3.05) is 31.4 Å². The van der Waals surface area contributed by atoms with Crippen molar-refractivity contribution < 1.29 is 14.3 Å². The third kappa shape index (κ3) is 6.55. The van der Waals surface area contributed by atoms with Gasteiger partial charge in [0, 0.05) is 30.4 Å². The zero-order valence-electron chi connectivity index (χ0n) is 17.5. The van der Waals surface area contributed by atoms with Crippen molar-refractivity contribution in [3.05, 3.63) is 83.9 Å². The second-order valence-electron chi connectivity index (χ2n) is 7.01. The topological polar surface area (TPSA) is 59.6 Å². The number of rotatable bonds is 10. The number of amides is 1. The Morgan fingerprint density at radius 3 is 2.03 bits per heavy atom. The van der Waals surface area contributed by atoms with Crippen molar-refractivity contribution in [3.63, 3.8) is 0 Å². The van der Waals surface area contributed by atoms with Gasteiger partial charge in [-0.25, -0.2) is 0 Å². The number of anilines is 2. The first kappa shape index (κ1) is 21.2. The standard InChI is InChI=1S/C25H28N2O3/c1-29-23-16-20(17-24(18-23)30-2)8-13-25(28)27-22-11-9-21(10-12-22)26-15-14-19-6-4-3-5-7-19/h3-7,9-12,16-18,26H,8,13-15H2,1-2H3,(H,27,28). The van der Waals surface area contributed by atoms with E-state index in [1.165, 1.54) is 5.56 Å². The first-order valence-corrected chi connectivity index (χ1v) is 10.1. The highest BCUT2D eigenvalue weighted by atomic mass is 16.5. The molecule has 0 spiro atoms. The first-order chi connectivity index (χ1) is 14.7. The van der Waals surface area contributed by atoms with Crippen molar-refractivity contribution in [1.82, 2.24) is 0 Å². The highest BCUT2D eigenvalue weighted by Crippen LogP contribution is 2.23. The van der Waals surface area contributed by atoms with E-state index in [1.54, 1.807) is 14.2 Å². The molecule has 0 saturated heterocycles. The molecule has 2 N–H and O–H groups in total. The molecule has 5 nitrogen and oxygen atoms in total. The van der Waals surface area contributed by atoms with Gasteiger partial charge in [0.2, 0.25) is 5.91 Å². The van der Waals surface area contributed by atoms with Crippen LogP contribution in [0.4, 0.5) is 11.4 Å². The van der Waals surface area contributed by atoms with Crippen LogP contribution >= 0.6 is 0 Å². The van der Waals surface area contributed by atoms with Crippen LogP contribution in [0.3, 0.4) is 0 Å². The Kier molecular flexibility index (Phi) is 7.72. The molecule has 0 heterocycles. The Balaban J connectivity index is 1.45. The van der Waals surface area contributed by atoms with Crippen LogP contribution in [0.1, 0.15) is 17.5 Å². The third-order valence-corrected chi connectivity index (χ3v) is 4.81. The van der Waals surface area contributed by atoms with Gasteiger partial charge in [0.15, 0.2) is 0 Å². The molecule has 5 heteroatoms. The van der Waals surface area contributed by atoms with E-state index >= 15 is 0 Å². The summed E-state index contributed by atoms with van der Waals surface area (Å²) < 4.78 is 10.6. The van der Waals surface area contributed by atoms with E-state index in [4.69, 9.17) is 9.47 Å². The van der Waals surface area contributed by atoms with Crippen LogP contribution in [0.5, 0.6) is 11.5 Å². The molecule has 0 unspecified atom stereocenters. The molecule has 0 atom stereocenters. The Hall–Kier alpha value is -3.47. The maximum atomic E-state index is 12.3. The zero-order valence-corrected chi connectivity index (χ0v) is 17.5. The Morgan fingerprint density at radius 1 is 0.767 bits per heavy atom. The number of ether oxygens (including phenoxy) is 2. The fourth-order valence-electron chi connectivity index (χ4n) is 3.16. The van der Waals surface area contributed by atoms with E-state index in [2.05, 4.69) is 34.9 Å². The van der Waals surface area contributed by atoms with Crippen molar-refractivity contribution >= 4 is 17.3 Å². The van der Waals surface area contributed by atoms with Crippen molar-refractivity contribution in [2.24, 2.45) is 0 Å². The predicted octanol–water partition coefficient (Wildman–Crippen LogP) is 4.93. The summed E-state index contributed by atoms with van der Waals surface area (Å²) in [5.74, 6) is 1.42. The maximum Gasteiger partial charge on any atom is 0.224 e. The molecular formula is C25H28N2O3. The van der Waals surface area contributed by atoms with Crippen LogP contribution in [0.15, 0.2) is 72.8 Å². The molecule has 30 heavy (non-hydrogen) atoms. The highest BCUT2D eigenvalue weighted by molar-refractivity contribution is 5.91. The van der Waals surface area contributed by atoms with Crippen LogP contribution in [0.25, 0.3) is 0 Å². The molecule has 0 radical (unpaired) electrons. The van der Waals surface area contributed by atoms with Gasteiger partial charge < -0.3 is 20.1 Å². The monoisotopic (exact) mass is 404 g/mol. The number of methoxy groups -OCH3 is 2. The largest absolute Gasteiger partial charge is 0.497 e. The van der Waals surface area contributed by atoms with Gasteiger partial charge in [-0.3, -0.25) is 4.79 Å².